The third-order valence-electron chi connectivity index (χ3n) is 4.85. The Bertz CT molecular complexity index is 719. The molecular weight excluding hydrogens is 276 g/mol. The molecule has 2 aromatic rings. The van der Waals surface area contributed by atoms with E-state index >= 15 is 0 Å². The van der Waals surface area contributed by atoms with Gasteiger partial charge >= 0.3 is 0 Å². The van der Waals surface area contributed by atoms with Crippen LogP contribution in [-0.4, -0.2) is 0 Å². The molecule has 0 N–H and O–H groups in total. The minimum atomic E-state index is 0.0843. The van der Waals surface area contributed by atoms with E-state index in [9.17, 15) is 0 Å². The van der Waals surface area contributed by atoms with Gasteiger partial charge in [0.2, 0.25) is 0 Å². The second kappa shape index (κ2) is 5.82. The first-order valence-corrected chi connectivity index (χ1v) is 8.57. The molecule has 0 aliphatic carbocycles. The molecule has 0 aromatic heterocycles. The lowest BCUT2D eigenvalue weighted by Crippen LogP contribution is -2.23. The van der Waals surface area contributed by atoms with Gasteiger partial charge in [-0.25, -0.2) is 0 Å². The largest absolute Gasteiger partial charge is 0.0584 e. The number of benzene rings is 2. The average molecular weight is 308 g/mol. The first-order chi connectivity index (χ1) is 10.4. The lowest BCUT2D eigenvalue weighted by Gasteiger charge is -2.32. The maximum Gasteiger partial charge on any atom is -0.0123 e. The predicted octanol–water partition coefficient (Wildman–Crippen LogP) is 6.67. The van der Waals surface area contributed by atoms with Crippen LogP contribution in [0.2, 0.25) is 0 Å². The van der Waals surface area contributed by atoms with Crippen LogP contribution in [0.3, 0.4) is 0 Å². The quantitative estimate of drug-likeness (QED) is 0.551. The Labute approximate surface area is 143 Å². The monoisotopic (exact) mass is 307 g/mol. The van der Waals surface area contributed by atoms with E-state index in [1.165, 1.54) is 38.9 Å². The van der Waals surface area contributed by atoms with E-state index in [2.05, 4.69) is 92.6 Å². The molecule has 2 aromatic carbocycles. The van der Waals surface area contributed by atoms with E-state index < -0.39 is 0 Å². The lowest BCUT2D eigenvalue weighted by atomic mass is 9.72. The topological polar surface area (TPSA) is 0 Å². The molecule has 0 fully saturated rings. The van der Waals surface area contributed by atoms with Gasteiger partial charge in [-0.05, 0) is 76.6 Å². The van der Waals surface area contributed by atoms with Crippen LogP contribution in [0.5, 0.6) is 0 Å². The first-order valence-electron chi connectivity index (χ1n) is 8.57. The molecule has 0 saturated carbocycles. The van der Waals surface area contributed by atoms with Gasteiger partial charge in [-0.15, -0.1) is 0 Å². The Kier molecular flexibility index (Phi) is 4.50. The highest BCUT2D eigenvalue weighted by Gasteiger charge is 2.28. The van der Waals surface area contributed by atoms with Crippen molar-refractivity contribution in [3.05, 3.63) is 58.1 Å². The molecule has 0 heteroatoms. The van der Waals surface area contributed by atoms with Crippen LogP contribution >= 0.6 is 0 Å². The summed E-state index contributed by atoms with van der Waals surface area (Å²) in [5.41, 5.74) is 9.81. The van der Waals surface area contributed by atoms with Gasteiger partial charge in [0.15, 0.2) is 0 Å². The number of hydrogen-bond donors (Lipinski definition) is 0. The van der Waals surface area contributed by atoms with Gasteiger partial charge in [-0.1, -0.05) is 65.8 Å². The first kappa shape index (κ1) is 17.8. The molecule has 123 valence electrons. The summed E-state index contributed by atoms with van der Waals surface area (Å²) in [5.74, 6) is 0. The summed E-state index contributed by atoms with van der Waals surface area (Å²) in [6, 6.07) is 12.4. The van der Waals surface area contributed by atoms with Crippen LogP contribution in [0.4, 0.5) is 0 Å². The predicted molar refractivity (Wildman–Crippen MR) is 102 cm³/mol. The summed E-state index contributed by atoms with van der Waals surface area (Å²) in [6.45, 7) is 20.4. The molecule has 0 heterocycles. The van der Waals surface area contributed by atoms with Gasteiger partial charge in [-0.3, -0.25) is 0 Å². The Morgan fingerprint density at radius 1 is 0.696 bits per heavy atom. The van der Waals surface area contributed by atoms with Crippen molar-refractivity contribution in [3.63, 3.8) is 0 Å². The maximum atomic E-state index is 3.54. The summed E-state index contributed by atoms with van der Waals surface area (Å²) in [5, 5.41) is 0. The van der Waals surface area contributed by atoms with E-state index in [4.69, 9.17) is 0 Å². The summed E-state index contributed by atoms with van der Waals surface area (Å²) < 4.78 is 0. The molecular formula is C23H31. The third kappa shape index (κ3) is 3.37. The minimum Gasteiger partial charge on any atom is -0.0584 e. The maximum absolute atomic E-state index is 3.54. The number of rotatable bonds is 1. The Balaban J connectivity index is 2.87. The molecule has 23 heavy (non-hydrogen) atoms. The van der Waals surface area contributed by atoms with Gasteiger partial charge in [0.1, 0.15) is 0 Å². The SMILES string of the molecule is Cc1ccc(-c2cc[c]c(C(C)(C)C)c2C(C)(C)C)c(C)c1C. The van der Waals surface area contributed by atoms with Crippen molar-refractivity contribution in [2.75, 3.05) is 0 Å². The summed E-state index contributed by atoms with van der Waals surface area (Å²) in [7, 11) is 0. The number of hydrogen-bond acceptors (Lipinski definition) is 0. The highest BCUT2D eigenvalue weighted by Crippen LogP contribution is 2.41. The number of aryl methyl sites for hydroxylation is 1. The van der Waals surface area contributed by atoms with Crippen LogP contribution in [0.15, 0.2) is 24.3 Å². The molecule has 0 bridgehead atoms. The molecule has 0 aliphatic heterocycles. The van der Waals surface area contributed by atoms with Gasteiger partial charge in [-0.2, -0.15) is 0 Å². The normalized spacial score (nSPS) is 12.6. The Morgan fingerprint density at radius 3 is 1.83 bits per heavy atom. The van der Waals surface area contributed by atoms with Crippen LogP contribution in [0, 0.1) is 26.8 Å². The fourth-order valence-electron chi connectivity index (χ4n) is 3.34. The van der Waals surface area contributed by atoms with E-state index in [-0.39, 0.29) is 10.8 Å². The molecule has 1 radical (unpaired) electrons. The van der Waals surface area contributed by atoms with Crippen LogP contribution in [-0.2, 0) is 10.8 Å². The summed E-state index contributed by atoms with van der Waals surface area (Å²) in [4.78, 5) is 0. The van der Waals surface area contributed by atoms with E-state index in [1.807, 2.05) is 0 Å². The minimum absolute atomic E-state index is 0.0843. The summed E-state index contributed by atoms with van der Waals surface area (Å²) >= 11 is 0. The van der Waals surface area contributed by atoms with Gasteiger partial charge in [0.25, 0.3) is 0 Å². The smallest absolute Gasteiger partial charge is 0.0123 e. The highest BCUT2D eigenvalue weighted by atomic mass is 14.3. The molecule has 0 amide bonds. The second-order valence-electron chi connectivity index (χ2n) is 8.82. The zero-order chi connectivity index (χ0) is 17.6. The van der Waals surface area contributed by atoms with E-state index in [1.54, 1.807) is 0 Å². The zero-order valence-electron chi connectivity index (χ0n) is 16.3. The Morgan fingerprint density at radius 2 is 1.30 bits per heavy atom. The fourth-order valence-corrected chi connectivity index (χ4v) is 3.34. The van der Waals surface area contributed by atoms with Crippen molar-refractivity contribution in [3.8, 4) is 11.1 Å². The van der Waals surface area contributed by atoms with E-state index in [0.29, 0.717) is 0 Å². The van der Waals surface area contributed by atoms with Gasteiger partial charge < -0.3 is 0 Å². The van der Waals surface area contributed by atoms with Crippen molar-refractivity contribution in [2.45, 2.75) is 73.1 Å². The molecule has 0 unspecified atom stereocenters. The van der Waals surface area contributed by atoms with Crippen molar-refractivity contribution < 1.29 is 0 Å². The molecule has 0 nitrogen and oxygen atoms in total. The molecule has 0 aliphatic rings. The molecule has 0 atom stereocenters. The molecule has 0 spiro atoms. The second-order valence-corrected chi connectivity index (χ2v) is 8.82. The van der Waals surface area contributed by atoms with Crippen molar-refractivity contribution in [1.29, 1.82) is 0 Å². The van der Waals surface area contributed by atoms with Crippen molar-refractivity contribution in [2.24, 2.45) is 0 Å². The average Bonchev–Trinajstić information content (AvgIpc) is 2.42. The fraction of sp³-hybridized carbons (Fsp3) is 0.478. The standard InChI is InChI=1S/C23H31/c1-15-13-14-18(17(3)16(15)2)19-11-10-12-20(22(4,5)6)21(19)23(7,8)9/h10-11,13-14H,1-9H3. The van der Waals surface area contributed by atoms with Crippen molar-refractivity contribution in [1.82, 2.24) is 0 Å². The van der Waals surface area contributed by atoms with Gasteiger partial charge in [0, 0.05) is 0 Å². The van der Waals surface area contributed by atoms with Crippen LogP contribution in [0.1, 0.15) is 69.4 Å². The summed E-state index contributed by atoms with van der Waals surface area (Å²) in [6.07, 6.45) is 0. The Hall–Kier alpha value is -1.56. The zero-order valence-corrected chi connectivity index (χ0v) is 16.3. The van der Waals surface area contributed by atoms with E-state index in [0.717, 1.165) is 0 Å². The van der Waals surface area contributed by atoms with Crippen molar-refractivity contribution >= 4 is 0 Å². The van der Waals surface area contributed by atoms with Crippen LogP contribution < -0.4 is 0 Å². The van der Waals surface area contributed by atoms with Crippen LogP contribution in [0.25, 0.3) is 11.1 Å². The van der Waals surface area contributed by atoms with Gasteiger partial charge in [0.05, 0.1) is 0 Å². The third-order valence-corrected chi connectivity index (χ3v) is 4.85. The lowest BCUT2D eigenvalue weighted by molar-refractivity contribution is 0.531. The highest BCUT2D eigenvalue weighted by molar-refractivity contribution is 5.75. The molecule has 2 rings (SSSR count). The molecule has 0 saturated heterocycles.